The molecule has 0 radical (unpaired) electrons. The molecule has 2 heterocycles. The lowest BCUT2D eigenvalue weighted by Gasteiger charge is -2.27. The van der Waals surface area contributed by atoms with Crippen LogP contribution in [0.4, 0.5) is 0 Å². The van der Waals surface area contributed by atoms with Crippen LogP contribution >= 0.6 is 0 Å². The van der Waals surface area contributed by atoms with Crippen LogP contribution < -0.4 is 20.6 Å². The van der Waals surface area contributed by atoms with Gasteiger partial charge in [0.05, 0.1) is 13.2 Å². The zero-order valence-corrected chi connectivity index (χ0v) is 7.49. The quantitative estimate of drug-likeness (QED) is 0.527. The Bertz CT molecular complexity index is 337. The van der Waals surface area contributed by atoms with Crippen molar-refractivity contribution in [2.45, 2.75) is 6.92 Å². The van der Waals surface area contributed by atoms with Gasteiger partial charge in [-0.05, 0) is 5.27 Å². The molecule has 0 spiro atoms. The smallest absolute Gasteiger partial charge is 0.289 e. The predicted octanol–water partition coefficient (Wildman–Crippen LogP) is -1.72. The highest BCUT2D eigenvalue weighted by atomic mass is 16.5. The lowest BCUT2D eigenvalue weighted by Crippen LogP contribution is -2.65. The van der Waals surface area contributed by atoms with Gasteiger partial charge >= 0.3 is 0 Å². The van der Waals surface area contributed by atoms with E-state index in [1.807, 2.05) is 11.9 Å². The molecule has 1 aromatic heterocycles. The van der Waals surface area contributed by atoms with E-state index in [4.69, 9.17) is 14.7 Å². The van der Waals surface area contributed by atoms with Gasteiger partial charge in [-0.25, -0.2) is 0 Å². The second-order valence-corrected chi connectivity index (χ2v) is 2.94. The largest absolute Gasteiger partial charge is 0.381 e. The molecule has 0 amide bonds. The average molecular weight is 184 g/mol. The van der Waals surface area contributed by atoms with E-state index in [1.165, 1.54) is 0 Å². The molecule has 13 heavy (non-hydrogen) atoms. The van der Waals surface area contributed by atoms with Gasteiger partial charge in [0.1, 0.15) is 0 Å². The summed E-state index contributed by atoms with van der Waals surface area (Å²) < 4.78 is 9.95. The van der Waals surface area contributed by atoms with Crippen molar-refractivity contribution in [2.75, 3.05) is 31.3 Å². The van der Waals surface area contributed by atoms with Crippen LogP contribution in [0.5, 0.6) is 0 Å². The number of nitrogens with one attached hydrogen (secondary N) is 1. The zero-order chi connectivity index (χ0) is 9.26. The summed E-state index contributed by atoms with van der Waals surface area (Å²) in [6.07, 6.45) is 0. The van der Waals surface area contributed by atoms with Gasteiger partial charge in [0, 0.05) is 20.0 Å². The number of rotatable bonds is 1. The first-order valence-corrected chi connectivity index (χ1v) is 4.22. The normalized spacial score (nSPS) is 17.8. The van der Waals surface area contributed by atoms with Crippen LogP contribution in [-0.4, -0.2) is 26.3 Å². The minimum absolute atomic E-state index is 0.117. The standard InChI is InChI=1S/C7H12N4O2/c1-6-7(8)13-9-11(6)10-2-4-12-5-3-10/h8H,2-5H2,1H3. The molecule has 0 aromatic carbocycles. The van der Waals surface area contributed by atoms with Crippen molar-refractivity contribution >= 4 is 0 Å². The summed E-state index contributed by atoms with van der Waals surface area (Å²) in [5.41, 5.74) is 0.841. The molecule has 1 aromatic rings. The molecular weight excluding hydrogens is 172 g/mol. The van der Waals surface area contributed by atoms with Crippen LogP contribution in [-0.2, 0) is 4.74 Å². The van der Waals surface area contributed by atoms with Gasteiger partial charge in [-0.1, -0.05) is 4.79 Å². The van der Waals surface area contributed by atoms with Crippen molar-refractivity contribution in [3.05, 3.63) is 11.2 Å². The van der Waals surface area contributed by atoms with Gasteiger partial charge in [0.2, 0.25) is 0 Å². The minimum atomic E-state index is 0.117. The highest BCUT2D eigenvalue weighted by Gasteiger charge is 2.16. The number of aromatic nitrogens is 2. The molecule has 0 saturated carbocycles. The number of ether oxygens (including phenoxy) is 1. The van der Waals surface area contributed by atoms with Crippen LogP contribution in [0.2, 0.25) is 0 Å². The number of nitrogens with zero attached hydrogens (tertiary/aromatic N) is 3. The van der Waals surface area contributed by atoms with Gasteiger partial charge in [-0.2, -0.15) is 0 Å². The van der Waals surface area contributed by atoms with Crippen LogP contribution in [0.15, 0.2) is 4.52 Å². The Morgan fingerprint density at radius 2 is 2.15 bits per heavy atom. The first-order chi connectivity index (χ1) is 6.29. The Kier molecular flexibility index (Phi) is 2.05. The van der Waals surface area contributed by atoms with Crippen LogP contribution in [0, 0.1) is 12.3 Å². The summed E-state index contributed by atoms with van der Waals surface area (Å²) in [5.74, 6) is 0. The van der Waals surface area contributed by atoms with Gasteiger partial charge in [-0.3, -0.25) is 10.4 Å². The van der Waals surface area contributed by atoms with E-state index < -0.39 is 0 Å². The topological polar surface area (TPSA) is 67.4 Å². The molecule has 6 heteroatoms. The first kappa shape index (κ1) is 8.31. The predicted molar refractivity (Wildman–Crippen MR) is 41.6 cm³/mol. The molecule has 1 aliphatic heterocycles. The molecule has 1 saturated heterocycles. The van der Waals surface area contributed by atoms with E-state index in [-0.39, 0.29) is 5.55 Å². The second kappa shape index (κ2) is 3.21. The molecule has 0 bridgehead atoms. The molecule has 0 aliphatic carbocycles. The van der Waals surface area contributed by atoms with Gasteiger partial charge in [0.25, 0.3) is 11.2 Å². The summed E-state index contributed by atoms with van der Waals surface area (Å²) >= 11 is 0. The summed E-state index contributed by atoms with van der Waals surface area (Å²) in [7, 11) is 0. The van der Waals surface area contributed by atoms with E-state index >= 15 is 0 Å². The van der Waals surface area contributed by atoms with Gasteiger partial charge in [-0.15, -0.1) is 0 Å². The molecule has 6 nitrogen and oxygen atoms in total. The lowest BCUT2D eigenvalue weighted by atomic mass is 10.5. The monoisotopic (exact) mass is 184 g/mol. The highest BCUT2D eigenvalue weighted by Crippen LogP contribution is 1.89. The Morgan fingerprint density at radius 1 is 1.46 bits per heavy atom. The van der Waals surface area contributed by atoms with E-state index in [0.29, 0.717) is 13.2 Å². The maximum absolute atomic E-state index is 7.35. The van der Waals surface area contributed by atoms with Crippen molar-refractivity contribution in [2.24, 2.45) is 0 Å². The Labute approximate surface area is 75.1 Å². The van der Waals surface area contributed by atoms with Crippen molar-refractivity contribution in [3.63, 3.8) is 0 Å². The highest BCUT2D eigenvalue weighted by molar-refractivity contribution is 4.78. The second-order valence-electron chi connectivity index (χ2n) is 2.94. The number of morpholine rings is 1. The maximum atomic E-state index is 7.35. The molecule has 0 unspecified atom stereocenters. The van der Waals surface area contributed by atoms with Gasteiger partial charge < -0.3 is 9.26 Å². The fourth-order valence-corrected chi connectivity index (χ4v) is 1.30. The van der Waals surface area contributed by atoms with Gasteiger partial charge in [0.15, 0.2) is 0 Å². The SMILES string of the molecule is Cc1c(=N)o[n-][n+]1N1CCOCC1. The molecular formula is C7H12N4O2. The molecule has 1 fully saturated rings. The third-order valence-corrected chi connectivity index (χ3v) is 2.09. The van der Waals surface area contributed by atoms with Crippen LogP contribution in [0.25, 0.3) is 0 Å². The summed E-state index contributed by atoms with van der Waals surface area (Å²) in [6.45, 7) is 4.79. The third-order valence-electron chi connectivity index (χ3n) is 2.09. The fourth-order valence-electron chi connectivity index (χ4n) is 1.30. The minimum Gasteiger partial charge on any atom is -0.381 e. The number of hydrogen-bond acceptors (Lipinski definition) is 4. The third kappa shape index (κ3) is 1.44. The van der Waals surface area contributed by atoms with Crippen LogP contribution in [0.1, 0.15) is 5.69 Å². The summed E-state index contributed by atoms with van der Waals surface area (Å²) in [4.78, 5) is 1.63. The van der Waals surface area contributed by atoms with Crippen molar-refractivity contribution in [3.8, 4) is 0 Å². The average Bonchev–Trinajstić information content (AvgIpc) is 2.49. The van der Waals surface area contributed by atoms with Crippen molar-refractivity contribution < 1.29 is 14.1 Å². The van der Waals surface area contributed by atoms with E-state index in [0.717, 1.165) is 18.8 Å². The Morgan fingerprint density at radius 3 is 2.69 bits per heavy atom. The van der Waals surface area contributed by atoms with Crippen LogP contribution in [0.3, 0.4) is 0 Å². The summed E-state index contributed by atoms with van der Waals surface area (Å²) in [5, 5.41) is 13.1. The molecule has 2 rings (SSSR count). The molecule has 0 atom stereocenters. The lowest BCUT2D eigenvalue weighted by molar-refractivity contribution is -0.769. The number of hydrogen-bond donors (Lipinski definition) is 1. The Hall–Kier alpha value is -1.30. The van der Waals surface area contributed by atoms with E-state index in [1.54, 1.807) is 4.79 Å². The zero-order valence-electron chi connectivity index (χ0n) is 7.49. The van der Waals surface area contributed by atoms with E-state index in [9.17, 15) is 0 Å². The van der Waals surface area contributed by atoms with E-state index in [2.05, 4.69) is 5.27 Å². The molecule has 1 N–H and O–H groups in total. The first-order valence-electron chi connectivity index (χ1n) is 4.22. The van der Waals surface area contributed by atoms with Crippen molar-refractivity contribution in [1.82, 2.24) is 5.27 Å². The Balaban J connectivity index is 2.23. The van der Waals surface area contributed by atoms with Crippen molar-refractivity contribution in [1.29, 1.82) is 5.41 Å². The fraction of sp³-hybridized carbons (Fsp3) is 0.714. The summed E-state index contributed by atoms with van der Waals surface area (Å²) in [6, 6.07) is 0. The molecule has 1 aliphatic rings. The maximum Gasteiger partial charge on any atom is 0.289 e. The molecule has 72 valence electrons.